The average molecular weight is 333 g/mol. The lowest BCUT2D eigenvalue weighted by molar-refractivity contribution is -0.122. The minimum Gasteiger partial charge on any atom is -0.311 e. The van der Waals surface area contributed by atoms with Crippen LogP contribution in [0.15, 0.2) is 48.8 Å². The van der Waals surface area contributed by atoms with Crippen molar-refractivity contribution in [3.05, 3.63) is 59.9 Å². The summed E-state index contributed by atoms with van der Waals surface area (Å²) in [5, 5.41) is 0. The number of benzene rings is 1. The SMILES string of the molecule is O=C1N(CC2CC2)c2ccccc2[C@@]12CCN(Cc1cccnc1)C2. The smallest absolute Gasteiger partial charge is 0.239 e. The van der Waals surface area contributed by atoms with Gasteiger partial charge in [0.05, 0.1) is 5.41 Å². The Bertz CT molecular complexity index is 802. The van der Waals surface area contributed by atoms with Gasteiger partial charge in [-0.3, -0.25) is 14.7 Å². The second-order valence-electron chi connectivity index (χ2n) is 7.78. The number of aromatic nitrogens is 1. The molecule has 1 saturated heterocycles. The lowest BCUT2D eigenvalue weighted by Gasteiger charge is -2.24. The van der Waals surface area contributed by atoms with Crippen molar-refractivity contribution in [2.75, 3.05) is 24.5 Å². The number of para-hydroxylation sites is 1. The van der Waals surface area contributed by atoms with E-state index in [-0.39, 0.29) is 5.41 Å². The van der Waals surface area contributed by atoms with Crippen LogP contribution in [0.4, 0.5) is 5.69 Å². The normalized spacial score (nSPS) is 25.8. The highest BCUT2D eigenvalue weighted by Crippen LogP contribution is 2.48. The molecule has 2 aliphatic heterocycles. The van der Waals surface area contributed by atoms with Crippen LogP contribution in [0.25, 0.3) is 0 Å². The van der Waals surface area contributed by atoms with Crippen LogP contribution in [0.1, 0.15) is 30.4 Å². The maximum Gasteiger partial charge on any atom is 0.239 e. The van der Waals surface area contributed by atoms with Crippen LogP contribution in [0.5, 0.6) is 0 Å². The summed E-state index contributed by atoms with van der Waals surface area (Å²) in [5.41, 5.74) is 3.28. The Morgan fingerprint density at radius 1 is 1.16 bits per heavy atom. The van der Waals surface area contributed by atoms with Crippen LogP contribution >= 0.6 is 0 Å². The van der Waals surface area contributed by atoms with Gasteiger partial charge in [-0.2, -0.15) is 0 Å². The van der Waals surface area contributed by atoms with Crippen molar-refractivity contribution in [2.45, 2.75) is 31.2 Å². The zero-order valence-corrected chi connectivity index (χ0v) is 14.4. The van der Waals surface area contributed by atoms with E-state index in [1.165, 1.54) is 24.0 Å². The highest BCUT2D eigenvalue weighted by molar-refractivity contribution is 6.08. The van der Waals surface area contributed by atoms with Crippen LogP contribution in [0.3, 0.4) is 0 Å². The van der Waals surface area contributed by atoms with Gasteiger partial charge in [0.2, 0.25) is 5.91 Å². The first-order valence-corrected chi connectivity index (χ1v) is 9.29. The zero-order chi connectivity index (χ0) is 16.9. The fraction of sp³-hybridized carbons (Fsp3) is 0.429. The van der Waals surface area contributed by atoms with E-state index >= 15 is 0 Å². The van der Waals surface area contributed by atoms with E-state index in [1.807, 2.05) is 18.5 Å². The average Bonchev–Trinajstić information content (AvgIpc) is 3.33. The Kier molecular flexibility index (Phi) is 3.42. The number of hydrogen-bond donors (Lipinski definition) is 0. The van der Waals surface area contributed by atoms with Crippen LogP contribution in [0.2, 0.25) is 0 Å². The molecule has 2 fully saturated rings. The molecule has 5 rings (SSSR count). The van der Waals surface area contributed by atoms with Crippen LogP contribution < -0.4 is 4.90 Å². The van der Waals surface area contributed by atoms with E-state index in [9.17, 15) is 4.79 Å². The number of pyridine rings is 1. The molecule has 0 unspecified atom stereocenters. The van der Waals surface area contributed by atoms with Gasteiger partial charge in [0.15, 0.2) is 0 Å². The molecule has 128 valence electrons. The molecule has 1 saturated carbocycles. The Morgan fingerprint density at radius 3 is 2.84 bits per heavy atom. The third-order valence-corrected chi connectivity index (χ3v) is 5.98. The third-order valence-electron chi connectivity index (χ3n) is 5.98. The maximum atomic E-state index is 13.4. The van der Waals surface area contributed by atoms with Crippen molar-refractivity contribution in [1.29, 1.82) is 0 Å². The topological polar surface area (TPSA) is 36.4 Å². The summed E-state index contributed by atoms with van der Waals surface area (Å²) >= 11 is 0. The van der Waals surface area contributed by atoms with Crippen LogP contribution in [-0.4, -0.2) is 35.4 Å². The number of carbonyl (C=O) groups is 1. The lowest BCUT2D eigenvalue weighted by atomic mass is 9.81. The van der Waals surface area contributed by atoms with E-state index in [1.54, 1.807) is 0 Å². The van der Waals surface area contributed by atoms with Crippen molar-refractivity contribution in [1.82, 2.24) is 9.88 Å². The number of hydrogen-bond acceptors (Lipinski definition) is 3. The Labute approximate surface area is 148 Å². The van der Waals surface area contributed by atoms with Crippen molar-refractivity contribution in [2.24, 2.45) is 5.92 Å². The maximum absolute atomic E-state index is 13.4. The zero-order valence-electron chi connectivity index (χ0n) is 14.4. The minimum atomic E-state index is -0.340. The number of fused-ring (bicyclic) bond motifs is 2. The molecular formula is C21H23N3O. The molecule has 4 nitrogen and oxygen atoms in total. The summed E-state index contributed by atoms with van der Waals surface area (Å²) in [6, 6.07) is 12.5. The summed E-state index contributed by atoms with van der Waals surface area (Å²) in [6.07, 6.45) is 7.19. The highest BCUT2D eigenvalue weighted by atomic mass is 16.2. The van der Waals surface area contributed by atoms with Crippen LogP contribution in [0, 0.1) is 5.92 Å². The Balaban J connectivity index is 1.43. The van der Waals surface area contributed by atoms with E-state index < -0.39 is 0 Å². The molecule has 1 atom stereocenters. The number of rotatable bonds is 4. The van der Waals surface area contributed by atoms with Crippen molar-refractivity contribution in [3.63, 3.8) is 0 Å². The molecule has 1 amide bonds. The first kappa shape index (κ1) is 15.1. The molecule has 1 aromatic carbocycles. The standard InChI is InChI=1S/C21H23N3O/c25-20-21(9-11-23(15-21)13-17-4-3-10-22-12-17)18-5-1-2-6-19(18)24(20)14-16-7-8-16/h1-6,10,12,16H,7-9,11,13-15H2/t21-/m0/s1. The van der Waals surface area contributed by atoms with Gasteiger partial charge in [-0.05, 0) is 55.0 Å². The number of anilines is 1. The number of nitrogens with zero attached hydrogens (tertiary/aromatic N) is 3. The summed E-state index contributed by atoms with van der Waals surface area (Å²) < 4.78 is 0. The van der Waals surface area contributed by atoms with E-state index in [0.29, 0.717) is 11.8 Å². The summed E-state index contributed by atoms with van der Waals surface area (Å²) in [6.45, 7) is 3.55. The van der Waals surface area contributed by atoms with E-state index in [2.05, 4.69) is 45.1 Å². The van der Waals surface area contributed by atoms with Gasteiger partial charge in [0.25, 0.3) is 0 Å². The number of likely N-dealkylation sites (tertiary alicyclic amines) is 1. The molecule has 0 bridgehead atoms. The monoisotopic (exact) mass is 333 g/mol. The highest BCUT2D eigenvalue weighted by Gasteiger charge is 2.54. The predicted octanol–water partition coefficient (Wildman–Crippen LogP) is 2.98. The van der Waals surface area contributed by atoms with Crippen LogP contribution in [-0.2, 0) is 16.8 Å². The molecule has 1 spiro atoms. The van der Waals surface area contributed by atoms with E-state index in [4.69, 9.17) is 0 Å². The number of amides is 1. The predicted molar refractivity (Wildman–Crippen MR) is 97.3 cm³/mol. The lowest BCUT2D eigenvalue weighted by Crippen LogP contribution is -2.43. The van der Waals surface area contributed by atoms with Crippen molar-refractivity contribution >= 4 is 11.6 Å². The third kappa shape index (κ3) is 2.47. The molecule has 3 aliphatic rings. The molecule has 1 aliphatic carbocycles. The summed E-state index contributed by atoms with van der Waals surface area (Å²) in [4.78, 5) is 22.1. The summed E-state index contributed by atoms with van der Waals surface area (Å²) in [5.74, 6) is 1.04. The van der Waals surface area contributed by atoms with Crippen molar-refractivity contribution in [3.8, 4) is 0 Å². The quantitative estimate of drug-likeness (QED) is 0.863. The van der Waals surface area contributed by atoms with Gasteiger partial charge in [-0.1, -0.05) is 24.3 Å². The van der Waals surface area contributed by atoms with Gasteiger partial charge in [-0.25, -0.2) is 0 Å². The van der Waals surface area contributed by atoms with Gasteiger partial charge in [0, 0.05) is 37.7 Å². The second-order valence-corrected chi connectivity index (χ2v) is 7.78. The second kappa shape index (κ2) is 5.67. The van der Waals surface area contributed by atoms with Gasteiger partial charge in [0.1, 0.15) is 0 Å². The van der Waals surface area contributed by atoms with Gasteiger partial charge >= 0.3 is 0 Å². The molecule has 1 aromatic heterocycles. The Morgan fingerprint density at radius 2 is 2.04 bits per heavy atom. The fourth-order valence-electron chi connectivity index (χ4n) is 4.50. The fourth-order valence-corrected chi connectivity index (χ4v) is 4.50. The van der Waals surface area contributed by atoms with E-state index in [0.717, 1.165) is 38.3 Å². The molecule has 25 heavy (non-hydrogen) atoms. The molecule has 4 heteroatoms. The van der Waals surface area contributed by atoms with Gasteiger partial charge < -0.3 is 4.90 Å². The summed E-state index contributed by atoms with van der Waals surface area (Å²) in [7, 11) is 0. The first-order valence-electron chi connectivity index (χ1n) is 9.29. The molecule has 0 radical (unpaired) electrons. The van der Waals surface area contributed by atoms with Crippen molar-refractivity contribution < 1.29 is 4.79 Å². The minimum absolute atomic E-state index is 0.328. The Hall–Kier alpha value is -2.20. The molecule has 3 heterocycles. The molecule has 2 aromatic rings. The van der Waals surface area contributed by atoms with Gasteiger partial charge in [-0.15, -0.1) is 0 Å². The molecular weight excluding hydrogens is 310 g/mol. The first-order chi connectivity index (χ1) is 12.3. The number of carbonyl (C=O) groups excluding carboxylic acids is 1. The molecule has 0 N–H and O–H groups in total. The largest absolute Gasteiger partial charge is 0.311 e.